The van der Waals surface area contributed by atoms with E-state index in [1.165, 1.54) is 12.1 Å². The van der Waals surface area contributed by atoms with Crippen LogP contribution in [0.5, 0.6) is 11.5 Å². The second kappa shape index (κ2) is 14.1. The molecule has 2 rings (SSSR count). The molecule has 0 amide bonds. The third kappa shape index (κ3) is 9.85. The third-order valence-corrected chi connectivity index (χ3v) is 5.83. The summed E-state index contributed by atoms with van der Waals surface area (Å²) in [7, 11) is 0. The Labute approximate surface area is 202 Å². The van der Waals surface area contributed by atoms with Crippen LogP contribution in [0.15, 0.2) is 47.4 Å². The number of rotatable bonds is 14. The summed E-state index contributed by atoms with van der Waals surface area (Å²) >= 11 is 1.58. The smallest absolute Gasteiger partial charge is 0.416 e. The van der Waals surface area contributed by atoms with Crippen molar-refractivity contribution in [1.82, 2.24) is 0 Å². The van der Waals surface area contributed by atoms with E-state index >= 15 is 0 Å². The fraction of sp³-hybridized carbons (Fsp3) is 0.480. The molecule has 1 atom stereocenters. The van der Waals surface area contributed by atoms with Crippen LogP contribution >= 0.6 is 11.8 Å². The molecule has 0 saturated carbocycles. The van der Waals surface area contributed by atoms with Crippen molar-refractivity contribution in [3.63, 3.8) is 0 Å². The number of carbonyl (C=O) groups excluding carboxylic acids is 1. The van der Waals surface area contributed by atoms with Crippen molar-refractivity contribution in [2.24, 2.45) is 0 Å². The van der Waals surface area contributed by atoms with Gasteiger partial charge < -0.3 is 18.9 Å². The molecule has 188 valence electrons. The average molecular weight is 501 g/mol. The SMILES string of the molecule is CCCCOC(COc1ccc(C(F)(F)F)cc1)CSc1ccc(OCC(=O)OCC)c(C)c1. The zero-order chi connectivity index (χ0) is 25.0. The van der Waals surface area contributed by atoms with Gasteiger partial charge in [0.15, 0.2) is 6.61 Å². The summed E-state index contributed by atoms with van der Waals surface area (Å²) in [4.78, 5) is 12.5. The van der Waals surface area contributed by atoms with E-state index in [1.54, 1.807) is 18.7 Å². The van der Waals surface area contributed by atoms with Crippen LogP contribution in [-0.4, -0.2) is 44.3 Å². The molecule has 2 aromatic rings. The number of benzene rings is 2. The van der Waals surface area contributed by atoms with Crippen LogP contribution < -0.4 is 9.47 Å². The van der Waals surface area contributed by atoms with Crippen LogP contribution in [0.2, 0.25) is 0 Å². The molecule has 0 spiro atoms. The van der Waals surface area contributed by atoms with Crippen LogP contribution in [-0.2, 0) is 20.4 Å². The average Bonchev–Trinajstić information content (AvgIpc) is 2.80. The van der Waals surface area contributed by atoms with E-state index in [1.807, 2.05) is 25.1 Å². The zero-order valence-corrected chi connectivity index (χ0v) is 20.5. The number of unbranched alkanes of at least 4 members (excludes halogenated alkanes) is 1. The molecule has 1 unspecified atom stereocenters. The van der Waals surface area contributed by atoms with Gasteiger partial charge in [0.2, 0.25) is 0 Å². The molecule has 0 heterocycles. The minimum Gasteiger partial charge on any atom is -0.491 e. The highest BCUT2D eigenvalue weighted by Crippen LogP contribution is 2.30. The van der Waals surface area contributed by atoms with Gasteiger partial charge in [-0.2, -0.15) is 13.2 Å². The number of thioether (sulfide) groups is 1. The highest BCUT2D eigenvalue weighted by Gasteiger charge is 2.30. The maximum Gasteiger partial charge on any atom is 0.416 e. The highest BCUT2D eigenvalue weighted by atomic mass is 32.2. The monoisotopic (exact) mass is 500 g/mol. The van der Waals surface area contributed by atoms with E-state index in [0.29, 0.717) is 30.5 Å². The van der Waals surface area contributed by atoms with Gasteiger partial charge in [0.1, 0.15) is 24.2 Å². The van der Waals surface area contributed by atoms with Crippen molar-refractivity contribution in [2.75, 3.05) is 32.2 Å². The minimum atomic E-state index is -4.38. The highest BCUT2D eigenvalue weighted by molar-refractivity contribution is 7.99. The lowest BCUT2D eigenvalue weighted by molar-refractivity contribution is -0.145. The fourth-order valence-electron chi connectivity index (χ4n) is 2.87. The van der Waals surface area contributed by atoms with Crippen molar-refractivity contribution < 1.29 is 36.9 Å². The van der Waals surface area contributed by atoms with Gasteiger partial charge in [-0.1, -0.05) is 13.3 Å². The van der Waals surface area contributed by atoms with Crippen molar-refractivity contribution in [2.45, 2.75) is 50.8 Å². The number of aryl methyl sites for hydroxylation is 1. The van der Waals surface area contributed by atoms with E-state index in [4.69, 9.17) is 18.9 Å². The molecule has 0 N–H and O–H groups in total. The van der Waals surface area contributed by atoms with Gasteiger partial charge in [-0.25, -0.2) is 4.79 Å². The largest absolute Gasteiger partial charge is 0.491 e. The van der Waals surface area contributed by atoms with Gasteiger partial charge in [0.05, 0.1) is 12.2 Å². The standard InChI is InChI=1S/C25H31F3O5S/c1-4-6-13-31-21(15-32-20-9-7-19(8-10-20)25(26,27)28)17-34-22-11-12-23(18(3)14-22)33-16-24(29)30-5-2/h7-12,14,21H,4-6,13,15-17H2,1-3H3. The molecule has 0 saturated heterocycles. The molecule has 2 aromatic carbocycles. The first kappa shape index (κ1) is 27.9. The Morgan fingerprint density at radius 1 is 1.06 bits per heavy atom. The van der Waals surface area contributed by atoms with Gasteiger partial charge in [-0.05, 0) is 68.3 Å². The molecule has 34 heavy (non-hydrogen) atoms. The van der Waals surface area contributed by atoms with Crippen LogP contribution in [0.25, 0.3) is 0 Å². The predicted octanol–water partition coefficient (Wildman–Crippen LogP) is 6.31. The van der Waals surface area contributed by atoms with E-state index in [2.05, 4.69) is 6.92 Å². The number of carbonyl (C=O) groups is 1. The van der Waals surface area contributed by atoms with Crippen molar-refractivity contribution >= 4 is 17.7 Å². The van der Waals surface area contributed by atoms with E-state index in [-0.39, 0.29) is 19.3 Å². The van der Waals surface area contributed by atoms with Crippen molar-refractivity contribution in [3.8, 4) is 11.5 Å². The number of halogens is 3. The summed E-state index contributed by atoms with van der Waals surface area (Å²) in [5, 5.41) is 0. The summed E-state index contributed by atoms with van der Waals surface area (Å²) in [6.45, 7) is 6.67. The Balaban J connectivity index is 1.92. The molecule has 0 aliphatic carbocycles. The Kier molecular flexibility index (Phi) is 11.6. The number of hydrogen-bond donors (Lipinski definition) is 0. The van der Waals surface area contributed by atoms with E-state index < -0.39 is 17.7 Å². The molecular weight excluding hydrogens is 469 g/mol. The minimum absolute atomic E-state index is 0.143. The molecule has 0 fully saturated rings. The van der Waals surface area contributed by atoms with Gasteiger partial charge in [0, 0.05) is 17.3 Å². The van der Waals surface area contributed by atoms with Gasteiger partial charge in [-0.3, -0.25) is 0 Å². The Morgan fingerprint density at radius 2 is 1.79 bits per heavy atom. The second-order valence-electron chi connectivity index (χ2n) is 7.51. The summed E-state index contributed by atoms with van der Waals surface area (Å²) in [6, 6.07) is 10.3. The number of hydrogen-bond acceptors (Lipinski definition) is 6. The first-order valence-electron chi connectivity index (χ1n) is 11.2. The quantitative estimate of drug-likeness (QED) is 0.172. The first-order chi connectivity index (χ1) is 16.2. The van der Waals surface area contributed by atoms with Crippen LogP contribution in [0.1, 0.15) is 37.8 Å². The van der Waals surface area contributed by atoms with Crippen LogP contribution in [0.3, 0.4) is 0 Å². The predicted molar refractivity (Wildman–Crippen MR) is 126 cm³/mol. The maximum atomic E-state index is 12.7. The van der Waals surface area contributed by atoms with Crippen LogP contribution in [0, 0.1) is 6.92 Å². The fourth-order valence-corrected chi connectivity index (χ4v) is 3.87. The number of alkyl halides is 3. The summed E-state index contributed by atoms with van der Waals surface area (Å²) in [5.74, 6) is 1.16. The lowest BCUT2D eigenvalue weighted by Gasteiger charge is -2.19. The third-order valence-electron chi connectivity index (χ3n) is 4.70. The van der Waals surface area contributed by atoms with Gasteiger partial charge in [0.25, 0.3) is 0 Å². The topological polar surface area (TPSA) is 54.0 Å². The first-order valence-corrected chi connectivity index (χ1v) is 12.1. The van der Waals surface area contributed by atoms with Crippen molar-refractivity contribution in [3.05, 3.63) is 53.6 Å². The lowest BCUT2D eigenvalue weighted by Crippen LogP contribution is -2.25. The molecule has 0 bridgehead atoms. The van der Waals surface area contributed by atoms with Gasteiger partial charge in [-0.15, -0.1) is 11.8 Å². The number of esters is 1. The molecule has 0 aromatic heterocycles. The molecule has 5 nitrogen and oxygen atoms in total. The molecule has 9 heteroatoms. The molecule has 0 radical (unpaired) electrons. The zero-order valence-electron chi connectivity index (χ0n) is 19.7. The second-order valence-corrected chi connectivity index (χ2v) is 8.60. The summed E-state index contributed by atoms with van der Waals surface area (Å²) in [6.07, 6.45) is -2.71. The molecule has 0 aliphatic heterocycles. The number of ether oxygens (including phenoxy) is 4. The van der Waals surface area contributed by atoms with Gasteiger partial charge >= 0.3 is 12.1 Å². The van der Waals surface area contributed by atoms with Crippen molar-refractivity contribution in [1.29, 1.82) is 0 Å². The normalized spacial score (nSPS) is 12.3. The lowest BCUT2D eigenvalue weighted by atomic mass is 10.2. The molecule has 0 aliphatic rings. The molecular formula is C25H31F3O5S. The summed E-state index contributed by atoms with van der Waals surface area (Å²) in [5.41, 5.74) is 0.176. The summed E-state index contributed by atoms with van der Waals surface area (Å²) < 4.78 is 60.2. The van der Waals surface area contributed by atoms with E-state index in [9.17, 15) is 18.0 Å². The van der Waals surface area contributed by atoms with E-state index in [0.717, 1.165) is 35.4 Å². The Hall–Kier alpha value is -2.39. The Morgan fingerprint density at radius 3 is 2.41 bits per heavy atom. The maximum absolute atomic E-state index is 12.7. The Bertz CT molecular complexity index is 887. The van der Waals surface area contributed by atoms with Crippen LogP contribution in [0.4, 0.5) is 13.2 Å².